The zero-order valence-corrected chi connectivity index (χ0v) is 14.8. The predicted octanol–water partition coefficient (Wildman–Crippen LogP) is 4.02. The van der Waals surface area contributed by atoms with Gasteiger partial charge in [-0.15, -0.1) is 0 Å². The lowest BCUT2D eigenvalue weighted by atomic mass is 10.1. The molecule has 24 heavy (non-hydrogen) atoms. The second-order valence-electron chi connectivity index (χ2n) is 5.84. The standard InChI is InChI=1S/C19H20ClN3O/c1-4-21-13(3)18-22-16-8-6-5-7-15(16)19(24)23(18)17-10-9-14(20)11-12(17)2/h5-11,13,21H,4H2,1-3H3/t13-/m0/s1. The second kappa shape index (κ2) is 6.75. The Morgan fingerprint density at radius 3 is 2.71 bits per heavy atom. The molecule has 1 heterocycles. The number of halogens is 1. The smallest absolute Gasteiger partial charge is 0.266 e. The van der Waals surface area contributed by atoms with Crippen molar-refractivity contribution in [1.82, 2.24) is 14.9 Å². The van der Waals surface area contributed by atoms with Crippen LogP contribution in [0.1, 0.15) is 31.3 Å². The molecule has 3 aromatic rings. The Labute approximate surface area is 146 Å². The van der Waals surface area contributed by atoms with Crippen molar-refractivity contribution in [3.05, 3.63) is 69.2 Å². The van der Waals surface area contributed by atoms with Crippen LogP contribution in [-0.2, 0) is 0 Å². The van der Waals surface area contributed by atoms with Gasteiger partial charge in [0.15, 0.2) is 0 Å². The number of aromatic nitrogens is 2. The first-order valence-electron chi connectivity index (χ1n) is 8.04. The highest BCUT2D eigenvalue weighted by molar-refractivity contribution is 6.30. The van der Waals surface area contributed by atoms with Gasteiger partial charge in [0.1, 0.15) is 5.82 Å². The molecule has 1 N–H and O–H groups in total. The summed E-state index contributed by atoms with van der Waals surface area (Å²) in [7, 11) is 0. The summed E-state index contributed by atoms with van der Waals surface area (Å²) >= 11 is 6.08. The molecule has 0 spiro atoms. The van der Waals surface area contributed by atoms with E-state index in [0.717, 1.165) is 17.8 Å². The molecule has 5 heteroatoms. The summed E-state index contributed by atoms with van der Waals surface area (Å²) in [6, 6.07) is 12.9. The van der Waals surface area contributed by atoms with Crippen molar-refractivity contribution in [2.24, 2.45) is 0 Å². The maximum Gasteiger partial charge on any atom is 0.266 e. The van der Waals surface area contributed by atoms with Gasteiger partial charge in [0.25, 0.3) is 5.56 Å². The summed E-state index contributed by atoms with van der Waals surface area (Å²) in [6.07, 6.45) is 0. The average molecular weight is 342 g/mol. The number of fused-ring (bicyclic) bond motifs is 1. The van der Waals surface area contributed by atoms with Gasteiger partial charge in [0, 0.05) is 5.02 Å². The van der Waals surface area contributed by atoms with Crippen molar-refractivity contribution < 1.29 is 0 Å². The van der Waals surface area contributed by atoms with Crippen molar-refractivity contribution in [2.75, 3.05) is 6.54 Å². The van der Waals surface area contributed by atoms with Crippen LogP contribution in [0.4, 0.5) is 0 Å². The molecular weight excluding hydrogens is 322 g/mol. The molecule has 2 aromatic carbocycles. The SMILES string of the molecule is CCN[C@@H](C)c1nc2ccccc2c(=O)n1-c1ccc(Cl)cc1C. The number of nitrogens with zero attached hydrogens (tertiary/aromatic N) is 2. The van der Waals surface area contributed by atoms with Gasteiger partial charge in [0.2, 0.25) is 0 Å². The van der Waals surface area contributed by atoms with Crippen LogP contribution in [0.15, 0.2) is 47.3 Å². The van der Waals surface area contributed by atoms with Crippen LogP contribution in [0.2, 0.25) is 5.02 Å². The number of hydrogen-bond acceptors (Lipinski definition) is 3. The van der Waals surface area contributed by atoms with Crippen LogP contribution in [-0.4, -0.2) is 16.1 Å². The van der Waals surface area contributed by atoms with E-state index in [1.807, 2.05) is 57.2 Å². The minimum atomic E-state index is -0.0641. The molecular formula is C19H20ClN3O. The number of hydrogen-bond donors (Lipinski definition) is 1. The van der Waals surface area contributed by atoms with E-state index in [0.29, 0.717) is 21.7 Å². The van der Waals surface area contributed by atoms with Crippen molar-refractivity contribution in [2.45, 2.75) is 26.8 Å². The van der Waals surface area contributed by atoms with E-state index in [2.05, 4.69) is 5.32 Å². The van der Waals surface area contributed by atoms with Crippen LogP contribution < -0.4 is 10.9 Å². The lowest BCUT2D eigenvalue weighted by Gasteiger charge is -2.20. The van der Waals surface area contributed by atoms with Gasteiger partial charge in [0.05, 0.1) is 22.6 Å². The summed E-state index contributed by atoms with van der Waals surface area (Å²) < 4.78 is 1.70. The van der Waals surface area contributed by atoms with E-state index in [4.69, 9.17) is 16.6 Å². The number of nitrogens with one attached hydrogen (secondary N) is 1. The molecule has 0 fully saturated rings. The normalized spacial score (nSPS) is 12.5. The van der Waals surface area contributed by atoms with Crippen LogP contribution in [0, 0.1) is 6.92 Å². The molecule has 0 aliphatic carbocycles. The van der Waals surface area contributed by atoms with E-state index in [1.54, 1.807) is 10.6 Å². The number of benzene rings is 2. The van der Waals surface area contributed by atoms with E-state index < -0.39 is 0 Å². The Kier molecular flexibility index (Phi) is 4.69. The quantitative estimate of drug-likeness (QED) is 0.779. The summed E-state index contributed by atoms with van der Waals surface area (Å²) in [4.78, 5) is 17.9. The summed E-state index contributed by atoms with van der Waals surface area (Å²) in [5, 5.41) is 4.61. The summed E-state index contributed by atoms with van der Waals surface area (Å²) in [5.74, 6) is 0.700. The number of rotatable bonds is 4. The van der Waals surface area contributed by atoms with Gasteiger partial charge >= 0.3 is 0 Å². The molecule has 1 aromatic heterocycles. The predicted molar refractivity (Wildman–Crippen MR) is 99.2 cm³/mol. The highest BCUT2D eigenvalue weighted by Gasteiger charge is 2.18. The minimum Gasteiger partial charge on any atom is -0.308 e. The first kappa shape index (κ1) is 16.7. The molecule has 0 saturated carbocycles. The van der Waals surface area contributed by atoms with Crippen molar-refractivity contribution >= 4 is 22.5 Å². The molecule has 124 valence electrons. The second-order valence-corrected chi connectivity index (χ2v) is 6.27. The number of aryl methyl sites for hydroxylation is 1. The van der Waals surface area contributed by atoms with Gasteiger partial charge in [-0.2, -0.15) is 0 Å². The molecule has 0 bridgehead atoms. The van der Waals surface area contributed by atoms with Crippen molar-refractivity contribution in [3.63, 3.8) is 0 Å². The van der Waals surface area contributed by atoms with Gasteiger partial charge in [-0.1, -0.05) is 30.7 Å². The topological polar surface area (TPSA) is 46.9 Å². The van der Waals surface area contributed by atoms with Crippen LogP contribution in [0.25, 0.3) is 16.6 Å². The maximum atomic E-state index is 13.2. The van der Waals surface area contributed by atoms with E-state index in [1.165, 1.54) is 0 Å². The van der Waals surface area contributed by atoms with Crippen molar-refractivity contribution in [1.29, 1.82) is 0 Å². The Bertz CT molecular complexity index is 949. The highest BCUT2D eigenvalue weighted by Crippen LogP contribution is 2.22. The molecule has 0 saturated heterocycles. The fourth-order valence-corrected chi connectivity index (χ4v) is 3.17. The fraction of sp³-hybridized carbons (Fsp3) is 0.263. The highest BCUT2D eigenvalue weighted by atomic mass is 35.5. The van der Waals surface area contributed by atoms with Gasteiger partial charge in [-0.05, 0) is 56.3 Å². The molecule has 0 aliphatic rings. The molecule has 0 amide bonds. The molecule has 1 atom stereocenters. The zero-order valence-electron chi connectivity index (χ0n) is 14.0. The Morgan fingerprint density at radius 1 is 1.25 bits per heavy atom. The molecule has 0 radical (unpaired) electrons. The lowest BCUT2D eigenvalue weighted by molar-refractivity contribution is 0.550. The minimum absolute atomic E-state index is 0.0533. The third-order valence-corrected chi connectivity index (χ3v) is 4.33. The third kappa shape index (κ3) is 2.95. The monoisotopic (exact) mass is 341 g/mol. The average Bonchev–Trinajstić information content (AvgIpc) is 2.56. The van der Waals surface area contributed by atoms with Crippen molar-refractivity contribution in [3.8, 4) is 5.69 Å². The largest absolute Gasteiger partial charge is 0.308 e. The lowest BCUT2D eigenvalue weighted by Crippen LogP contribution is -2.30. The van der Waals surface area contributed by atoms with Gasteiger partial charge in [-0.25, -0.2) is 4.98 Å². The van der Waals surface area contributed by atoms with Crippen LogP contribution in [0.5, 0.6) is 0 Å². The fourth-order valence-electron chi connectivity index (χ4n) is 2.94. The van der Waals surface area contributed by atoms with E-state index >= 15 is 0 Å². The van der Waals surface area contributed by atoms with E-state index in [-0.39, 0.29) is 11.6 Å². The van der Waals surface area contributed by atoms with E-state index in [9.17, 15) is 4.79 Å². The summed E-state index contributed by atoms with van der Waals surface area (Å²) in [6.45, 7) is 6.79. The van der Waals surface area contributed by atoms with Crippen LogP contribution in [0.3, 0.4) is 0 Å². The Morgan fingerprint density at radius 2 is 2.00 bits per heavy atom. The molecule has 3 rings (SSSR count). The molecule has 0 unspecified atom stereocenters. The molecule has 0 aliphatic heterocycles. The van der Waals surface area contributed by atoms with Crippen LogP contribution >= 0.6 is 11.6 Å². The Balaban J connectivity index is 2.37. The molecule has 4 nitrogen and oxygen atoms in total. The maximum absolute atomic E-state index is 13.2. The first-order valence-corrected chi connectivity index (χ1v) is 8.42. The summed E-state index contributed by atoms with van der Waals surface area (Å²) in [5.41, 5.74) is 2.39. The third-order valence-electron chi connectivity index (χ3n) is 4.10. The Hall–Kier alpha value is -2.17. The van der Waals surface area contributed by atoms with Gasteiger partial charge < -0.3 is 5.32 Å². The first-order chi connectivity index (χ1) is 11.5. The zero-order chi connectivity index (χ0) is 17.3. The number of para-hydroxylation sites is 1. The van der Waals surface area contributed by atoms with Gasteiger partial charge in [-0.3, -0.25) is 9.36 Å².